The number of aryl methyl sites for hydroxylation is 1. The van der Waals surface area contributed by atoms with Gasteiger partial charge in [0.25, 0.3) is 0 Å². The molecule has 0 bridgehead atoms. The summed E-state index contributed by atoms with van der Waals surface area (Å²) in [7, 11) is 1.62. The van der Waals surface area contributed by atoms with Crippen LogP contribution >= 0.6 is 0 Å². The average molecular weight is 354 g/mol. The van der Waals surface area contributed by atoms with Gasteiger partial charge in [-0.05, 0) is 25.5 Å². The summed E-state index contributed by atoms with van der Waals surface area (Å²) in [6, 6.07) is 3.89. The Labute approximate surface area is 149 Å². The maximum atomic E-state index is 11.8. The Balaban J connectivity index is 1.46. The minimum Gasteiger partial charge on any atom is -0.495 e. The second-order valence-electron chi connectivity index (χ2n) is 6.24. The molecule has 1 aliphatic rings. The lowest BCUT2D eigenvalue weighted by Gasteiger charge is -2.09. The second kappa shape index (κ2) is 6.62. The van der Waals surface area contributed by atoms with Gasteiger partial charge < -0.3 is 14.0 Å². The van der Waals surface area contributed by atoms with E-state index in [-0.39, 0.29) is 0 Å². The van der Waals surface area contributed by atoms with E-state index in [0.717, 1.165) is 17.9 Å². The number of nitrogens with zero attached hydrogens (tertiary/aromatic N) is 3. The first-order valence-electron chi connectivity index (χ1n) is 8.29. The number of methoxy groups -OCH3 is 1. The molecule has 0 aromatic carbocycles. The van der Waals surface area contributed by atoms with Crippen LogP contribution in [0.3, 0.4) is 0 Å². The summed E-state index contributed by atoms with van der Waals surface area (Å²) in [5.74, 6) is 2.44. The summed E-state index contributed by atoms with van der Waals surface area (Å²) in [4.78, 5) is 24.7. The van der Waals surface area contributed by atoms with E-state index >= 15 is 0 Å². The van der Waals surface area contributed by atoms with Crippen LogP contribution in [0, 0.1) is 12.8 Å². The van der Waals surface area contributed by atoms with Crippen molar-refractivity contribution in [3.63, 3.8) is 0 Å². The first-order chi connectivity index (χ1) is 12.7. The number of H-pyrrole nitrogens is 1. The highest BCUT2D eigenvalue weighted by atomic mass is 16.5. The van der Waals surface area contributed by atoms with E-state index in [0.29, 0.717) is 41.3 Å². The first-order valence-corrected chi connectivity index (χ1v) is 8.29. The molecule has 0 saturated heterocycles. The number of rotatable bonds is 6. The summed E-state index contributed by atoms with van der Waals surface area (Å²) in [6.07, 6.45) is 5.78. The number of aromatic amines is 1. The molecule has 134 valence electrons. The largest absolute Gasteiger partial charge is 0.495 e. The smallest absolute Gasteiger partial charge is 0.365 e. The normalized spacial score (nSPS) is 18.5. The molecule has 3 aromatic rings. The Morgan fingerprint density at radius 2 is 2.15 bits per heavy atom. The molecule has 3 aromatic heterocycles. The summed E-state index contributed by atoms with van der Waals surface area (Å²) >= 11 is 0. The van der Waals surface area contributed by atoms with Crippen molar-refractivity contribution in [3.8, 4) is 22.8 Å². The van der Waals surface area contributed by atoms with Crippen molar-refractivity contribution >= 4 is 0 Å². The van der Waals surface area contributed by atoms with Crippen molar-refractivity contribution in [2.75, 3.05) is 13.7 Å². The van der Waals surface area contributed by atoms with Crippen LogP contribution in [-0.2, 0) is 0 Å². The molecule has 0 radical (unpaired) electrons. The van der Waals surface area contributed by atoms with Crippen LogP contribution in [0.15, 0.2) is 40.0 Å². The van der Waals surface area contributed by atoms with Gasteiger partial charge in [-0.25, -0.2) is 14.9 Å². The van der Waals surface area contributed by atoms with Crippen LogP contribution in [-0.4, -0.2) is 33.8 Å². The Kier molecular flexibility index (Phi) is 4.16. The molecule has 3 heterocycles. The lowest BCUT2D eigenvalue weighted by atomic mass is 10.2. The van der Waals surface area contributed by atoms with Crippen molar-refractivity contribution in [3.05, 3.63) is 52.7 Å². The molecule has 1 saturated carbocycles. The minimum atomic E-state index is -0.478. The lowest BCUT2D eigenvalue weighted by molar-refractivity contribution is 0.285. The lowest BCUT2D eigenvalue weighted by Crippen LogP contribution is -2.07. The van der Waals surface area contributed by atoms with Crippen molar-refractivity contribution in [1.29, 1.82) is 0 Å². The Morgan fingerprint density at radius 1 is 1.27 bits per heavy atom. The van der Waals surface area contributed by atoms with Gasteiger partial charge in [0, 0.05) is 23.7 Å². The predicted molar refractivity (Wildman–Crippen MR) is 92.2 cm³/mol. The monoisotopic (exact) mass is 354 g/mol. The van der Waals surface area contributed by atoms with Gasteiger partial charge in [0.05, 0.1) is 37.2 Å². The predicted octanol–water partition coefficient (Wildman–Crippen LogP) is 2.32. The zero-order valence-corrected chi connectivity index (χ0v) is 14.4. The van der Waals surface area contributed by atoms with E-state index in [9.17, 15) is 4.79 Å². The first kappa shape index (κ1) is 16.3. The van der Waals surface area contributed by atoms with Crippen molar-refractivity contribution in [2.45, 2.75) is 19.3 Å². The zero-order valence-electron chi connectivity index (χ0n) is 14.4. The third-order valence-electron chi connectivity index (χ3n) is 4.47. The molecule has 2 atom stereocenters. The van der Waals surface area contributed by atoms with E-state index < -0.39 is 5.63 Å². The molecule has 1 unspecified atom stereocenters. The molecule has 1 N–H and O–H groups in total. The Bertz CT molecular complexity index is 964. The van der Waals surface area contributed by atoms with Crippen LogP contribution in [0.5, 0.6) is 11.6 Å². The van der Waals surface area contributed by atoms with Crippen LogP contribution in [0.2, 0.25) is 0 Å². The topological polar surface area (TPSA) is 103 Å². The Hall–Kier alpha value is -3.16. The SMILES string of the molecule is COc1ccc([C@@H]2CC2COc2nc(C)ncc2-c2c[nH]oc2=O)nc1. The summed E-state index contributed by atoms with van der Waals surface area (Å²) in [5, 5.41) is 2.44. The standard InChI is InChI=1S/C18H18N4O4/c1-10-19-7-14(15-8-21-26-18(15)23)17(22-10)25-9-11-5-13(11)16-4-3-12(24-2)6-20-16/h3-4,6-8,11,13,21H,5,9H2,1-2H3/t11?,13-/m1/s1. The van der Waals surface area contributed by atoms with Crippen LogP contribution in [0.4, 0.5) is 0 Å². The zero-order chi connectivity index (χ0) is 18.1. The van der Waals surface area contributed by atoms with Gasteiger partial charge >= 0.3 is 5.63 Å². The number of aromatic nitrogens is 4. The molecule has 0 spiro atoms. The van der Waals surface area contributed by atoms with Gasteiger partial charge in [0.2, 0.25) is 5.88 Å². The maximum absolute atomic E-state index is 11.8. The summed E-state index contributed by atoms with van der Waals surface area (Å²) < 4.78 is 15.8. The van der Waals surface area contributed by atoms with Gasteiger partial charge in [0.1, 0.15) is 11.6 Å². The fraction of sp³-hybridized carbons (Fsp3) is 0.333. The molecular weight excluding hydrogens is 336 g/mol. The molecule has 1 aliphatic carbocycles. The third kappa shape index (κ3) is 3.17. The number of hydrogen-bond acceptors (Lipinski definition) is 7. The van der Waals surface area contributed by atoms with Gasteiger partial charge in [-0.3, -0.25) is 4.98 Å². The van der Waals surface area contributed by atoms with Gasteiger partial charge in [-0.15, -0.1) is 0 Å². The van der Waals surface area contributed by atoms with Crippen LogP contribution in [0.25, 0.3) is 11.1 Å². The highest BCUT2D eigenvalue weighted by Gasteiger charge is 2.40. The van der Waals surface area contributed by atoms with Gasteiger partial charge in [-0.2, -0.15) is 4.98 Å². The van der Waals surface area contributed by atoms with E-state index in [1.807, 2.05) is 12.1 Å². The Morgan fingerprint density at radius 3 is 2.85 bits per heavy atom. The fourth-order valence-electron chi connectivity index (χ4n) is 2.90. The molecule has 0 aliphatic heterocycles. The van der Waals surface area contributed by atoms with E-state index in [1.165, 1.54) is 6.20 Å². The van der Waals surface area contributed by atoms with Crippen LogP contribution in [0.1, 0.15) is 23.9 Å². The summed E-state index contributed by atoms with van der Waals surface area (Å²) in [6.45, 7) is 2.27. The number of hydrogen-bond donors (Lipinski definition) is 1. The minimum absolute atomic E-state index is 0.351. The highest BCUT2D eigenvalue weighted by molar-refractivity contribution is 5.65. The fourth-order valence-corrected chi connectivity index (χ4v) is 2.90. The quantitative estimate of drug-likeness (QED) is 0.724. The molecule has 1 fully saturated rings. The summed E-state index contributed by atoms with van der Waals surface area (Å²) in [5.41, 5.74) is 1.42. The molecule has 4 rings (SSSR count). The maximum Gasteiger partial charge on any atom is 0.365 e. The van der Waals surface area contributed by atoms with Gasteiger partial charge in [0.15, 0.2) is 0 Å². The number of nitrogens with one attached hydrogen (secondary N) is 1. The molecular formula is C18H18N4O4. The number of ether oxygens (including phenoxy) is 2. The van der Waals surface area contributed by atoms with Crippen molar-refractivity contribution in [2.24, 2.45) is 5.92 Å². The van der Waals surface area contributed by atoms with E-state index in [4.69, 9.17) is 14.0 Å². The molecule has 0 amide bonds. The van der Waals surface area contributed by atoms with Gasteiger partial charge in [-0.1, -0.05) is 0 Å². The molecule has 8 heteroatoms. The van der Waals surface area contributed by atoms with Crippen molar-refractivity contribution < 1.29 is 14.0 Å². The molecule has 8 nitrogen and oxygen atoms in total. The third-order valence-corrected chi connectivity index (χ3v) is 4.47. The van der Waals surface area contributed by atoms with Crippen LogP contribution < -0.4 is 15.1 Å². The number of pyridine rings is 1. The second-order valence-corrected chi connectivity index (χ2v) is 6.24. The average Bonchev–Trinajstić information content (AvgIpc) is 3.32. The molecule has 26 heavy (non-hydrogen) atoms. The van der Waals surface area contributed by atoms with E-state index in [2.05, 4.69) is 20.1 Å². The van der Waals surface area contributed by atoms with E-state index in [1.54, 1.807) is 26.4 Å². The van der Waals surface area contributed by atoms with Crippen molar-refractivity contribution in [1.82, 2.24) is 20.1 Å². The highest BCUT2D eigenvalue weighted by Crippen LogP contribution is 2.47.